The Morgan fingerprint density at radius 2 is 1.93 bits per heavy atom. The quantitative estimate of drug-likeness (QED) is 0.415. The first-order chi connectivity index (χ1) is 14.3. The summed E-state index contributed by atoms with van der Waals surface area (Å²) in [6.45, 7) is 2.42. The molecule has 8 nitrogen and oxygen atoms in total. The van der Waals surface area contributed by atoms with Gasteiger partial charge in [0.05, 0.1) is 11.5 Å². The van der Waals surface area contributed by atoms with Gasteiger partial charge in [0.2, 0.25) is 5.91 Å². The first-order valence-corrected chi connectivity index (χ1v) is 10.9. The van der Waals surface area contributed by atoms with Crippen molar-refractivity contribution in [2.45, 2.75) is 19.4 Å². The molecule has 0 saturated carbocycles. The van der Waals surface area contributed by atoms with Gasteiger partial charge in [0.25, 0.3) is 11.6 Å². The lowest BCUT2D eigenvalue weighted by Gasteiger charge is -2.18. The number of anilines is 1. The summed E-state index contributed by atoms with van der Waals surface area (Å²) in [6, 6.07) is 9.83. The normalized spacial score (nSPS) is 11.4. The molecule has 2 aromatic carbocycles. The predicted octanol–water partition coefficient (Wildman–Crippen LogP) is 4.14. The van der Waals surface area contributed by atoms with Gasteiger partial charge in [-0.15, -0.1) is 0 Å². The van der Waals surface area contributed by atoms with Gasteiger partial charge in [-0.1, -0.05) is 11.6 Å². The Balaban J connectivity index is 2.12. The number of amides is 2. The number of nitro benzene ring substituents is 1. The number of hydrogen-bond donors (Lipinski definition) is 2. The number of nitrogens with one attached hydrogen (secondary N) is 2. The van der Waals surface area contributed by atoms with Crippen LogP contribution in [0.25, 0.3) is 0 Å². The molecule has 0 aliphatic rings. The molecule has 1 atom stereocenters. The number of carbonyl (C=O) groups excluding carboxylic acids is 2. The van der Waals surface area contributed by atoms with Gasteiger partial charge in [-0.3, -0.25) is 19.7 Å². The molecule has 0 aliphatic carbocycles. The van der Waals surface area contributed by atoms with Crippen molar-refractivity contribution in [1.29, 1.82) is 0 Å². The van der Waals surface area contributed by atoms with Crippen LogP contribution in [0.2, 0.25) is 5.02 Å². The number of carbonyl (C=O) groups is 2. The minimum Gasteiger partial charge on any atom is -0.494 e. The van der Waals surface area contributed by atoms with Gasteiger partial charge in [0.1, 0.15) is 16.8 Å². The van der Waals surface area contributed by atoms with Crippen LogP contribution in [0.3, 0.4) is 0 Å². The van der Waals surface area contributed by atoms with E-state index in [2.05, 4.69) is 10.6 Å². The maximum Gasteiger partial charge on any atom is 0.288 e. The first kappa shape index (κ1) is 23.5. The van der Waals surface area contributed by atoms with Crippen molar-refractivity contribution in [3.8, 4) is 5.75 Å². The Morgan fingerprint density at radius 3 is 2.53 bits per heavy atom. The number of hydrogen-bond acceptors (Lipinski definition) is 6. The lowest BCUT2D eigenvalue weighted by atomic mass is 10.1. The largest absolute Gasteiger partial charge is 0.494 e. The fraction of sp³-hybridized carbons (Fsp3) is 0.300. The third kappa shape index (κ3) is 6.64. The molecule has 0 heterocycles. The molecule has 160 valence electrons. The number of rotatable bonds is 10. The van der Waals surface area contributed by atoms with Gasteiger partial charge in [-0.25, -0.2) is 0 Å². The van der Waals surface area contributed by atoms with E-state index in [1.54, 1.807) is 24.3 Å². The van der Waals surface area contributed by atoms with E-state index in [-0.39, 0.29) is 22.2 Å². The van der Waals surface area contributed by atoms with Gasteiger partial charge in [0.15, 0.2) is 0 Å². The molecule has 0 aromatic heterocycles. The Labute approximate surface area is 183 Å². The fourth-order valence-corrected chi connectivity index (χ4v) is 3.23. The monoisotopic (exact) mass is 451 g/mol. The zero-order valence-electron chi connectivity index (χ0n) is 16.5. The smallest absolute Gasteiger partial charge is 0.288 e. The summed E-state index contributed by atoms with van der Waals surface area (Å²) in [5, 5.41) is 16.4. The fourth-order valence-electron chi connectivity index (χ4n) is 2.57. The van der Waals surface area contributed by atoms with Crippen LogP contribution in [0.5, 0.6) is 5.75 Å². The molecular formula is C20H22ClN3O5S. The van der Waals surface area contributed by atoms with E-state index in [0.29, 0.717) is 30.2 Å². The Morgan fingerprint density at radius 1 is 1.23 bits per heavy atom. The van der Waals surface area contributed by atoms with Crippen molar-refractivity contribution in [3.05, 3.63) is 63.2 Å². The van der Waals surface area contributed by atoms with Crippen LogP contribution in [0.1, 0.15) is 23.7 Å². The van der Waals surface area contributed by atoms with Crippen LogP contribution in [-0.4, -0.2) is 41.4 Å². The molecule has 2 amide bonds. The van der Waals surface area contributed by atoms with Crippen molar-refractivity contribution in [3.63, 3.8) is 0 Å². The SMILES string of the molecule is CCOc1ccc(NC(=O)C(CCSC)NC(=O)c2ccc(Cl)c([N+](=O)[O-])c2)cc1. The zero-order valence-corrected chi connectivity index (χ0v) is 18.1. The molecule has 1 unspecified atom stereocenters. The molecule has 30 heavy (non-hydrogen) atoms. The summed E-state index contributed by atoms with van der Waals surface area (Å²) in [5.41, 5.74) is 0.243. The summed E-state index contributed by atoms with van der Waals surface area (Å²) in [6.07, 6.45) is 2.29. The van der Waals surface area contributed by atoms with Crippen molar-refractivity contribution in [2.75, 3.05) is 23.9 Å². The second-order valence-electron chi connectivity index (χ2n) is 6.18. The Kier molecular flexibility index (Phi) is 8.94. The minimum atomic E-state index is -0.814. The number of nitro groups is 1. The van der Waals surface area contributed by atoms with Crippen LogP contribution in [-0.2, 0) is 4.79 Å². The van der Waals surface area contributed by atoms with Gasteiger partial charge < -0.3 is 15.4 Å². The topological polar surface area (TPSA) is 111 Å². The number of benzene rings is 2. The van der Waals surface area contributed by atoms with E-state index in [1.165, 1.54) is 23.9 Å². The van der Waals surface area contributed by atoms with E-state index >= 15 is 0 Å². The third-order valence-electron chi connectivity index (χ3n) is 4.07. The van der Waals surface area contributed by atoms with E-state index in [1.807, 2.05) is 13.2 Å². The highest BCUT2D eigenvalue weighted by Gasteiger charge is 2.23. The molecule has 0 radical (unpaired) electrons. The number of halogens is 1. The highest BCUT2D eigenvalue weighted by molar-refractivity contribution is 7.98. The van der Waals surface area contributed by atoms with Crippen LogP contribution >= 0.6 is 23.4 Å². The molecule has 10 heteroatoms. The number of thioether (sulfide) groups is 1. The maximum atomic E-state index is 12.7. The molecule has 0 bridgehead atoms. The van der Waals surface area contributed by atoms with Crippen molar-refractivity contribution in [1.82, 2.24) is 5.32 Å². The van der Waals surface area contributed by atoms with E-state index < -0.39 is 16.9 Å². The lowest BCUT2D eigenvalue weighted by Crippen LogP contribution is -2.44. The molecule has 0 aliphatic heterocycles. The van der Waals surface area contributed by atoms with Crippen molar-refractivity contribution >= 4 is 46.6 Å². The molecule has 2 rings (SSSR count). The van der Waals surface area contributed by atoms with Crippen LogP contribution in [0.4, 0.5) is 11.4 Å². The Bertz CT molecular complexity index is 908. The van der Waals surface area contributed by atoms with Crippen molar-refractivity contribution < 1.29 is 19.2 Å². The van der Waals surface area contributed by atoms with Crippen LogP contribution < -0.4 is 15.4 Å². The van der Waals surface area contributed by atoms with Crippen LogP contribution in [0, 0.1) is 10.1 Å². The molecule has 2 N–H and O–H groups in total. The van der Waals surface area contributed by atoms with Gasteiger partial charge in [0, 0.05) is 17.3 Å². The number of nitrogens with zero attached hydrogens (tertiary/aromatic N) is 1. The second-order valence-corrected chi connectivity index (χ2v) is 7.57. The second kappa shape index (κ2) is 11.4. The maximum absolute atomic E-state index is 12.7. The highest BCUT2D eigenvalue weighted by atomic mass is 35.5. The van der Waals surface area contributed by atoms with E-state index in [0.717, 1.165) is 6.07 Å². The average Bonchev–Trinajstić information content (AvgIpc) is 2.72. The van der Waals surface area contributed by atoms with E-state index in [9.17, 15) is 19.7 Å². The molecular weight excluding hydrogens is 430 g/mol. The number of ether oxygens (including phenoxy) is 1. The Hall–Kier alpha value is -2.78. The molecule has 2 aromatic rings. The zero-order chi connectivity index (χ0) is 22.1. The van der Waals surface area contributed by atoms with Crippen molar-refractivity contribution in [2.24, 2.45) is 0 Å². The predicted molar refractivity (Wildman–Crippen MR) is 119 cm³/mol. The summed E-state index contributed by atoms with van der Waals surface area (Å²) in [5.74, 6) is 0.349. The standard InChI is InChI=1S/C20H22ClN3O5S/c1-3-29-15-7-5-14(6-8-15)22-20(26)17(10-11-30-2)23-19(25)13-4-9-16(21)18(12-13)24(27)28/h4-9,12,17H,3,10-11H2,1-2H3,(H,22,26)(H,23,25). The highest BCUT2D eigenvalue weighted by Crippen LogP contribution is 2.25. The molecule has 0 saturated heterocycles. The van der Waals surface area contributed by atoms with Gasteiger partial charge in [-0.05, 0) is 61.8 Å². The van der Waals surface area contributed by atoms with Gasteiger partial charge >= 0.3 is 0 Å². The molecule has 0 spiro atoms. The summed E-state index contributed by atoms with van der Waals surface area (Å²) < 4.78 is 5.37. The summed E-state index contributed by atoms with van der Waals surface area (Å²) >= 11 is 7.33. The minimum absolute atomic E-state index is 0.0501. The molecule has 0 fully saturated rings. The average molecular weight is 452 g/mol. The first-order valence-electron chi connectivity index (χ1n) is 9.13. The van der Waals surface area contributed by atoms with E-state index in [4.69, 9.17) is 16.3 Å². The lowest BCUT2D eigenvalue weighted by molar-refractivity contribution is -0.384. The van der Waals surface area contributed by atoms with Gasteiger partial charge in [-0.2, -0.15) is 11.8 Å². The van der Waals surface area contributed by atoms with Crippen LogP contribution in [0.15, 0.2) is 42.5 Å². The summed E-state index contributed by atoms with van der Waals surface area (Å²) in [7, 11) is 0. The third-order valence-corrected chi connectivity index (χ3v) is 5.03. The summed E-state index contributed by atoms with van der Waals surface area (Å²) in [4.78, 5) is 35.7.